The van der Waals surface area contributed by atoms with Crippen molar-refractivity contribution < 1.29 is 19.0 Å². The van der Waals surface area contributed by atoms with Crippen molar-refractivity contribution in [3.8, 4) is 5.88 Å². The summed E-state index contributed by atoms with van der Waals surface area (Å²) >= 11 is 0. The van der Waals surface area contributed by atoms with Gasteiger partial charge >= 0.3 is 5.97 Å². The molecule has 3 rings (SSSR count). The summed E-state index contributed by atoms with van der Waals surface area (Å²) in [7, 11) is 3.99. The van der Waals surface area contributed by atoms with E-state index in [0.29, 0.717) is 19.0 Å². The molecule has 1 aromatic heterocycles. The Kier molecular flexibility index (Phi) is 8.83. The smallest absolute Gasteiger partial charge is 0.354 e. The van der Waals surface area contributed by atoms with Gasteiger partial charge in [0, 0.05) is 12.6 Å². The molecule has 2 aromatic carbocycles. The highest BCUT2D eigenvalue weighted by atomic mass is 19.1. The number of nitrogen functional groups attached to an aromatic ring is 1. The summed E-state index contributed by atoms with van der Waals surface area (Å²) in [6.45, 7) is 1.83. The van der Waals surface area contributed by atoms with Gasteiger partial charge in [-0.2, -0.15) is 0 Å². The first-order chi connectivity index (χ1) is 14.4. The molecule has 0 bridgehead atoms. The number of carbonyl (C=O) groups is 1. The Morgan fingerprint density at radius 2 is 1.83 bits per heavy atom. The first kappa shape index (κ1) is 22.9. The van der Waals surface area contributed by atoms with Crippen LogP contribution in [0.4, 0.5) is 10.1 Å². The van der Waals surface area contributed by atoms with E-state index in [4.69, 9.17) is 10.5 Å². The lowest BCUT2D eigenvalue weighted by molar-refractivity contribution is 0.0684. The molecule has 0 unspecified atom stereocenters. The van der Waals surface area contributed by atoms with Crippen molar-refractivity contribution in [1.29, 1.82) is 0 Å². The van der Waals surface area contributed by atoms with Crippen LogP contribution >= 0.6 is 0 Å². The van der Waals surface area contributed by atoms with Crippen LogP contribution in [0.3, 0.4) is 0 Å². The predicted octanol–water partition coefficient (Wildman–Crippen LogP) is 3.37. The molecule has 0 spiro atoms. The topological polar surface area (TPSA) is 93.6 Å². The van der Waals surface area contributed by atoms with E-state index in [0.717, 1.165) is 18.5 Å². The zero-order chi connectivity index (χ0) is 21.9. The quantitative estimate of drug-likeness (QED) is 0.434. The van der Waals surface area contributed by atoms with Crippen molar-refractivity contribution in [1.82, 2.24) is 14.7 Å². The standard InChI is InChI=1S/C16H21N3O3.C6H6FN/c1-18(2)9-6-10-22-15-11-14(16(20)21)19(17-15)12-13-7-4-3-5-8-13;7-5-3-1-2-4-6(5)8/h3-5,7-8,11H,6,9-10,12H2,1-2H3,(H,20,21);1-4H,8H2. The van der Waals surface area contributed by atoms with Crippen LogP contribution in [0.25, 0.3) is 0 Å². The van der Waals surface area contributed by atoms with Gasteiger partial charge in [0.15, 0.2) is 5.69 Å². The second-order valence-electron chi connectivity index (χ2n) is 6.84. The zero-order valence-electron chi connectivity index (χ0n) is 17.2. The van der Waals surface area contributed by atoms with E-state index in [9.17, 15) is 14.3 Å². The van der Waals surface area contributed by atoms with Crippen LogP contribution in [0, 0.1) is 5.82 Å². The van der Waals surface area contributed by atoms with Gasteiger partial charge in [-0.15, -0.1) is 5.10 Å². The number of carboxylic acid groups (broad SMARTS) is 1. The molecule has 0 aliphatic heterocycles. The molecule has 8 heteroatoms. The Morgan fingerprint density at radius 1 is 1.17 bits per heavy atom. The number of hydrogen-bond acceptors (Lipinski definition) is 5. The SMILES string of the molecule is CN(C)CCCOc1cc(C(=O)O)n(Cc2ccccc2)n1.Nc1ccccc1F. The number of benzene rings is 2. The van der Waals surface area contributed by atoms with Crippen LogP contribution in [-0.2, 0) is 6.54 Å². The molecule has 3 N–H and O–H groups in total. The fraction of sp³-hybridized carbons (Fsp3) is 0.273. The molecule has 3 aromatic rings. The third-order valence-corrected chi connectivity index (χ3v) is 4.06. The van der Waals surface area contributed by atoms with Crippen molar-refractivity contribution in [3.63, 3.8) is 0 Å². The molecular formula is C22H27FN4O3. The summed E-state index contributed by atoms with van der Waals surface area (Å²) in [6, 6.07) is 17.2. The monoisotopic (exact) mass is 414 g/mol. The lowest BCUT2D eigenvalue weighted by atomic mass is 10.2. The molecule has 0 atom stereocenters. The number of anilines is 1. The fourth-order valence-corrected chi connectivity index (χ4v) is 2.55. The first-order valence-electron chi connectivity index (χ1n) is 9.49. The largest absolute Gasteiger partial charge is 0.477 e. The fourth-order valence-electron chi connectivity index (χ4n) is 2.55. The Labute approximate surface area is 175 Å². The molecule has 0 amide bonds. The Hall–Kier alpha value is -3.39. The number of nitrogens with two attached hydrogens (primary N) is 1. The van der Waals surface area contributed by atoms with Crippen molar-refractivity contribution in [2.75, 3.05) is 33.0 Å². The van der Waals surface area contributed by atoms with Gasteiger partial charge in [-0.3, -0.25) is 0 Å². The molecule has 0 aliphatic rings. The molecule has 160 valence electrons. The van der Waals surface area contributed by atoms with Gasteiger partial charge in [-0.05, 0) is 38.2 Å². The number of para-hydroxylation sites is 1. The van der Waals surface area contributed by atoms with Crippen LogP contribution in [0.5, 0.6) is 5.88 Å². The third kappa shape index (κ3) is 7.56. The average molecular weight is 414 g/mol. The summed E-state index contributed by atoms with van der Waals surface area (Å²) < 4.78 is 19.2. The Balaban J connectivity index is 0.000000335. The number of aromatic nitrogens is 2. The van der Waals surface area contributed by atoms with Crippen molar-refractivity contribution >= 4 is 11.7 Å². The third-order valence-electron chi connectivity index (χ3n) is 4.06. The molecule has 7 nitrogen and oxygen atoms in total. The van der Waals surface area contributed by atoms with Crippen molar-refractivity contribution in [2.45, 2.75) is 13.0 Å². The summed E-state index contributed by atoms with van der Waals surface area (Å²) in [4.78, 5) is 13.4. The van der Waals surface area contributed by atoms with Gasteiger partial charge in [-0.25, -0.2) is 13.9 Å². The van der Waals surface area contributed by atoms with Gasteiger partial charge in [0.05, 0.1) is 18.8 Å². The molecule has 0 fully saturated rings. The number of nitrogens with zero attached hydrogens (tertiary/aromatic N) is 3. The van der Waals surface area contributed by atoms with E-state index in [1.165, 1.54) is 22.9 Å². The highest BCUT2D eigenvalue weighted by molar-refractivity contribution is 5.86. The maximum Gasteiger partial charge on any atom is 0.354 e. The van der Waals surface area contributed by atoms with Gasteiger partial charge < -0.3 is 20.5 Å². The Morgan fingerprint density at radius 3 is 2.40 bits per heavy atom. The van der Waals surface area contributed by atoms with Gasteiger partial charge in [0.25, 0.3) is 0 Å². The molecule has 1 heterocycles. The van der Waals surface area contributed by atoms with E-state index in [1.807, 2.05) is 44.4 Å². The number of aromatic carboxylic acids is 1. The van der Waals surface area contributed by atoms with E-state index >= 15 is 0 Å². The minimum atomic E-state index is -1.01. The Bertz CT molecular complexity index is 908. The summed E-state index contributed by atoms with van der Waals surface area (Å²) in [5, 5.41) is 13.5. The molecule has 0 saturated heterocycles. The van der Waals surface area contributed by atoms with Gasteiger partial charge in [0.1, 0.15) is 5.82 Å². The van der Waals surface area contributed by atoms with Crippen LogP contribution in [0.2, 0.25) is 0 Å². The van der Waals surface area contributed by atoms with Crippen LogP contribution < -0.4 is 10.5 Å². The molecule has 0 aliphatic carbocycles. The first-order valence-corrected chi connectivity index (χ1v) is 9.49. The zero-order valence-corrected chi connectivity index (χ0v) is 17.2. The lowest BCUT2D eigenvalue weighted by Gasteiger charge is -2.08. The lowest BCUT2D eigenvalue weighted by Crippen LogP contribution is -2.15. The van der Waals surface area contributed by atoms with E-state index in [2.05, 4.69) is 10.00 Å². The van der Waals surface area contributed by atoms with Crippen LogP contribution in [0.1, 0.15) is 22.5 Å². The number of hydrogen-bond donors (Lipinski definition) is 2. The molecule has 30 heavy (non-hydrogen) atoms. The van der Waals surface area contributed by atoms with Crippen molar-refractivity contribution in [3.05, 3.63) is 77.7 Å². The van der Waals surface area contributed by atoms with Crippen LogP contribution in [0.15, 0.2) is 60.7 Å². The van der Waals surface area contributed by atoms with Crippen LogP contribution in [-0.4, -0.2) is 53.0 Å². The summed E-state index contributed by atoms with van der Waals surface area (Å²) in [5.41, 5.74) is 6.47. The maximum absolute atomic E-state index is 12.2. The number of halogens is 1. The van der Waals surface area contributed by atoms with Crippen molar-refractivity contribution in [2.24, 2.45) is 0 Å². The highest BCUT2D eigenvalue weighted by Gasteiger charge is 2.15. The average Bonchev–Trinajstić information content (AvgIpc) is 3.12. The number of carboxylic acids is 1. The predicted molar refractivity (Wildman–Crippen MR) is 114 cm³/mol. The second-order valence-corrected chi connectivity index (χ2v) is 6.84. The molecule has 0 radical (unpaired) electrons. The second kappa shape index (κ2) is 11.6. The number of rotatable bonds is 8. The highest BCUT2D eigenvalue weighted by Crippen LogP contribution is 2.14. The molecule has 0 saturated carbocycles. The maximum atomic E-state index is 12.2. The summed E-state index contributed by atoms with van der Waals surface area (Å²) in [5.74, 6) is -1.01. The summed E-state index contributed by atoms with van der Waals surface area (Å²) in [6.07, 6.45) is 0.862. The van der Waals surface area contributed by atoms with E-state index < -0.39 is 5.97 Å². The van der Waals surface area contributed by atoms with Gasteiger partial charge in [-0.1, -0.05) is 42.5 Å². The minimum Gasteiger partial charge on any atom is -0.477 e. The molecular weight excluding hydrogens is 387 g/mol. The van der Waals surface area contributed by atoms with E-state index in [1.54, 1.807) is 12.1 Å². The normalized spacial score (nSPS) is 10.4. The van der Waals surface area contributed by atoms with Gasteiger partial charge in [0.2, 0.25) is 5.88 Å². The minimum absolute atomic E-state index is 0.131. The number of ether oxygens (including phenoxy) is 1. The van der Waals surface area contributed by atoms with E-state index in [-0.39, 0.29) is 17.2 Å².